The van der Waals surface area contributed by atoms with Crippen LogP contribution in [0.4, 0.5) is 5.13 Å². The number of H-pyrrole nitrogens is 1. The number of aliphatic carboxylic acids is 1. The van der Waals surface area contributed by atoms with Crippen molar-refractivity contribution in [3.8, 4) is 0 Å². The van der Waals surface area contributed by atoms with Gasteiger partial charge in [0.2, 0.25) is 0 Å². The fraction of sp³-hybridized carbons (Fsp3) is 0.250. The molecular formula is C16H14BrN7O5S3. The van der Waals surface area contributed by atoms with Crippen molar-refractivity contribution in [3.05, 3.63) is 38.0 Å². The molecule has 1 saturated heterocycles. The standard InChI is InChI=1S/C16H14BrN7O5S3/c17-11-7(22-16(18)32-11)8(23-29)12(25)21-9-13(26)24-10(15(27)28)6(4-31-14(9)24)30-3-5-1-19-20-2-5/h1-2,9,14,29H,3-4H2,(H2,18,22)(H,19,20)(H,21,25)(H,27,28)/b23-8-/t9-,14-/m1/s1. The summed E-state index contributed by atoms with van der Waals surface area (Å²) in [5.41, 5.74) is 6.03. The first-order chi connectivity index (χ1) is 15.3. The van der Waals surface area contributed by atoms with Crippen LogP contribution in [0.15, 0.2) is 31.9 Å². The summed E-state index contributed by atoms with van der Waals surface area (Å²) in [5, 5.41) is 30.6. The van der Waals surface area contributed by atoms with E-state index in [1.807, 2.05) is 0 Å². The Morgan fingerprint density at radius 1 is 1.50 bits per heavy atom. The molecule has 16 heteroatoms. The van der Waals surface area contributed by atoms with Gasteiger partial charge in [0, 0.05) is 28.2 Å². The van der Waals surface area contributed by atoms with Crippen LogP contribution in [-0.2, 0) is 20.1 Å². The minimum Gasteiger partial charge on any atom is -0.477 e. The van der Waals surface area contributed by atoms with Crippen LogP contribution in [0.1, 0.15) is 11.3 Å². The van der Waals surface area contributed by atoms with Crippen molar-refractivity contribution < 1.29 is 24.7 Å². The zero-order valence-electron chi connectivity index (χ0n) is 15.8. The van der Waals surface area contributed by atoms with Gasteiger partial charge in [0.15, 0.2) is 10.8 Å². The summed E-state index contributed by atoms with van der Waals surface area (Å²) in [6.07, 6.45) is 3.35. The van der Waals surface area contributed by atoms with Gasteiger partial charge in [-0.25, -0.2) is 9.78 Å². The number of aromatic amines is 1. The third-order valence-corrected chi connectivity index (χ3v) is 8.69. The molecule has 0 spiro atoms. The number of carbonyl (C=O) groups excluding carboxylic acids is 2. The van der Waals surface area contributed by atoms with Crippen LogP contribution in [0.3, 0.4) is 0 Å². The first kappa shape index (κ1) is 22.6. The minimum atomic E-state index is -1.22. The summed E-state index contributed by atoms with van der Waals surface area (Å²) in [6.45, 7) is 0. The Labute approximate surface area is 200 Å². The third-order valence-electron chi connectivity index (χ3n) is 4.53. The summed E-state index contributed by atoms with van der Waals surface area (Å²) in [4.78, 5) is 43.0. The lowest BCUT2D eigenvalue weighted by molar-refractivity contribution is -0.150. The number of β-lactam (4-membered cyclic amide) rings is 1. The summed E-state index contributed by atoms with van der Waals surface area (Å²) < 4.78 is 0.391. The molecule has 32 heavy (non-hydrogen) atoms. The Hall–Kier alpha value is -2.56. The van der Waals surface area contributed by atoms with Crippen molar-refractivity contribution in [2.24, 2.45) is 5.16 Å². The van der Waals surface area contributed by atoms with E-state index in [0.717, 1.165) is 16.9 Å². The summed E-state index contributed by atoms with van der Waals surface area (Å²) >= 11 is 6.90. The number of hydrogen-bond acceptors (Lipinski definition) is 11. The van der Waals surface area contributed by atoms with Crippen LogP contribution in [0.2, 0.25) is 0 Å². The number of nitrogen functional groups attached to an aromatic ring is 1. The van der Waals surface area contributed by atoms with Crippen LogP contribution in [-0.4, -0.2) is 71.1 Å². The van der Waals surface area contributed by atoms with Crippen molar-refractivity contribution in [3.63, 3.8) is 0 Å². The molecule has 2 aromatic heterocycles. The first-order valence-electron chi connectivity index (χ1n) is 8.78. The number of halogens is 1. The second kappa shape index (κ2) is 9.13. The van der Waals surface area contributed by atoms with Crippen molar-refractivity contribution >= 4 is 79.4 Å². The molecule has 2 aromatic rings. The molecule has 4 heterocycles. The molecule has 2 aliphatic heterocycles. The van der Waals surface area contributed by atoms with Gasteiger partial charge in [-0.15, -0.1) is 23.5 Å². The second-order valence-electron chi connectivity index (χ2n) is 6.46. The van der Waals surface area contributed by atoms with Crippen molar-refractivity contribution in [2.45, 2.75) is 17.2 Å². The Bertz CT molecular complexity index is 1150. The number of rotatable bonds is 7. The number of carbonyl (C=O) groups is 3. The number of thioether (sulfide) groups is 2. The Balaban J connectivity index is 1.49. The third kappa shape index (κ3) is 4.10. The summed E-state index contributed by atoms with van der Waals surface area (Å²) in [5.74, 6) is -1.76. The predicted molar refractivity (Wildman–Crippen MR) is 122 cm³/mol. The van der Waals surface area contributed by atoms with E-state index in [9.17, 15) is 24.7 Å². The van der Waals surface area contributed by atoms with E-state index in [4.69, 9.17) is 5.73 Å². The van der Waals surface area contributed by atoms with Gasteiger partial charge in [0.1, 0.15) is 26.6 Å². The molecule has 2 aliphatic rings. The predicted octanol–water partition coefficient (Wildman–Crippen LogP) is 1.02. The van der Waals surface area contributed by atoms with E-state index in [2.05, 4.69) is 41.6 Å². The van der Waals surface area contributed by atoms with E-state index in [1.165, 1.54) is 28.4 Å². The van der Waals surface area contributed by atoms with Crippen LogP contribution >= 0.6 is 50.8 Å². The Morgan fingerprint density at radius 2 is 2.28 bits per heavy atom. The maximum atomic E-state index is 12.8. The summed E-state index contributed by atoms with van der Waals surface area (Å²) in [6, 6.07) is -0.978. The molecular weight excluding hydrogens is 546 g/mol. The fourth-order valence-electron chi connectivity index (χ4n) is 3.10. The first-order valence-corrected chi connectivity index (χ1v) is 12.4. The van der Waals surface area contributed by atoms with Crippen molar-refractivity contribution in [2.75, 3.05) is 11.5 Å². The quantitative estimate of drug-likeness (QED) is 0.142. The van der Waals surface area contributed by atoms with Gasteiger partial charge in [-0.1, -0.05) is 16.5 Å². The zero-order valence-corrected chi connectivity index (χ0v) is 19.8. The van der Waals surface area contributed by atoms with Crippen LogP contribution in [0, 0.1) is 0 Å². The molecule has 168 valence electrons. The smallest absolute Gasteiger partial charge is 0.353 e. The van der Waals surface area contributed by atoms with Gasteiger partial charge in [0.05, 0.1) is 6.20 Å². The van der Waals surface area contributed by atoms with Gasteiger partial charge in [-0.05, 0) is 15.9 Å². The van der Waals surface area contributed by atoms with E-state index < -0.39 is 34.9 Å². The number of hydrogen-bond donors (Lipinski definition) is 5. The van der Waals surface area contributed by atoms with Crippen LogP contribution in [0.5, 0.6) is 0 Å². The van der Waals surface area contributed by atoms with Crippen molar-refractivity contribution in [1.82, 2.24) is 25.4 Å². The number of nitrogens with one attached hydrogen (secondary N) is 2. The molecule has 0 aliphatic carbocycles. The number of nitrogens with zero attached hydrogens (tertiary/aromatic N) is 4. The Morgan fingerprint density at radius 3 is 2.88 bits per heavy atom. The zero-order chi connectivity index (χ0) is 23.0. The van der Waals surface area contributed by atoms with Gasteiger partial charge in [0.25, 0.3) is 11.8 Å². The lowest BCUT2D eigenvalue weighted by atomic mass is 10.0. The maximum absolute atomic E-state index is 12.8. The lowest BCUT2D eigenvalue weighted by Gasteiger charge is -2.49. The highest BCUT2D eigenvalue weighted by Crippen LogP contribution is 2.44. The van der Waals surface area contributed by atoms with E-state index >= 15 is 0 Å². The number of anilines is 1. The van der Waals surface area contributed by atoms with E-state index in [0.29, 0.717) is 20.2 Å². The Kier molecular flexibility index (Phi) is 6.45. The van der Waals surface area contributed by atoms with Crippen molar-refractivity contribution in [1.29, 1.82) is 0 Å². The van der Waals surface area contributed by atoms with Gasteiger partial charge >= 0.3 is 5.97 Å². The normalized spacial score (nSPS) is 20.7. The molecule has 2 atom stereocenters. The molecule has 2 amide bonds. The van der Waals surface area contributed by atoms with Gasteiger partial charge < -0.3 is 21.4 Å². The number of nitrogens with two attached hydrogens (primary N) is 1. The second-order valence-corrected chi connectivity index (χ2v) is 11.0. The van der Waals surface area contributed by atoms with Gasteiger partial charge in [-0.2, -0.15) is 5.10 Å². The molecule has 0 aromatic carbocycles. The number of aromatic nitrogens is 3. The molecule has 6 N–H and O–H groups in total. The SMILES string of the molecule is Nc1nc(/C(=N/O)C(=O)N[C@@H]2C(=O)N3C(C(=O)O)=C(SCc4cn[nH]c4)CS[C@H]23)c(Br)s1. The lowest BCUT2D eigenvalue weighted by Crippen LogP contribution is -2.71. The largest absolute Gasteiger partial charge is 0.477 e. The number of thiazole rings is 1. The average molecular weight is 560 g/mol. The topological polar surface area (TPSA) is 187 Å². The van der Waals surface area contributed by atoms with Crippen LogP contribution in [0.25, 0.3) is 0 Å². The number of carboxylic acid groups (broad SMARTS) is 1. The molecule has 0 bridgehead atoms. The highest BCUT2D eigenvalue weighted by Gasteiger charge is 2.54. The van der Waals surface area contributed by atoms with Gasteiger partial charge in [-0.3, -0.25) is 19.6 Å². The highest BCUT2D eigenvalue weighted by atomic mass is 79.9. The number of carboxylic acids is 1. The molecule has 0 radical (unpaired) electrons. The van der Waals surface area contributed by atoms with Crippen LogP contribution < -0.4 is 11.1 Å². The number of amides is 2. The number of fused-ring (bicyclic) bond motifs is 1. The monoisotopic (exact) mass is 559 g/mol. The molecule has 1 fully saturated rings. The average Bonchev–Trinajstić information content (AvgIpc) is 3.39. The molecule has 4 rings (SSSR count). The molecule has 12 nitrogen and oxygen atoms in total. The van der Waals surface area contributed by atoms with E-state index in [1.54, 1.807) is 12.4 Å². The molecule has 0 saturated carbocycles. The fourth-order valence-corrected chi connectivity index (χ4v) is 6.99. The number of oxime groups is 1. The maximum Gasteiger partial charge on any atom is 0.353 e. The molecule has 0 unspecified atom stereocenters. The van der Waals surface area contributed by atoms with E-state index in [-0.39, 0.29) is 16.5 Å². The summed E-state index contributed by atoms with van der Waals surface area (Å²) in [7, 11) is 0. The highest BCUT2D eigenvalue weighted by molar-refractivity contribution is 9.11. The minimum absolute atomic E-state index is 0.0384.